The summed E-state index contributed by atoms with van der Waals surface area (Å²) >= 11 is 0. The van der Waals surface area contributed by atoms with Gasteiger partial charge in [-0.1, -0.05) is 6.07 Å². The van der Waals surface area contributed by atoms with Gasteiger partial charge < -0.3 is 14.8 Å². The fourth-order valence-corrected chi connectivity index (χ4v) is 2.42. The van der Waals surface area contributed by atoms with E-state index in [1.807, 2.05) is 19.2 Å². The summed E-state index contributed by atoms with van der Waals surface area (Å²) in [5.41, 5.74) is 1.17. The smallest absolute Gasteiger partial charge is 0.127 e. The number of hydrogen-bond donors (Lipinski definition) is 1. The number of ether oxygens (including phenoxy) is 2. The average Bonchev–Trinajstić information content (AvgIpc) is 2.94. The van der Waals surface area contributed by atoms with Gasteiger partial charge in [-0.3, -0.25) is 4.90 Å². The number of methoxy groups -OCH3 is 1. The van der Waals surface area contributed by atoms with Gasteiger partial charge >= 0.3 is 0 Å². The summed E-state index contributed by atoms with van der Waals surface area (Å²) in [6, 6.07) is 6.00. The van der Waals surface area contributed by atoms with Crippen LogP contribution < -0.4 is 14.8 Å². The third kappa shape index (κ3) is 4.11. The van der Waals surface area contributed by atoms with Gasteiger partial charge in [-0.25, -0.2) is 0 Å². The molecule has 106 valence electrons. The molecule has 1 aromatic carbocycles. The fourth-order valence-electron chi connectivity index (χ4n) is 2.42. The fraction of sp³-hybridized carbons (Fsp3) is 0.600. The van der Waals surface area contributed by atoms with Crippen molar-refractivity contribution in [1.29, 1.82) is 0 Å². The van der Waals surface area contributed by atoms with Gasteiger partial charge in [0.2, 0.25) is 0 Å². The van der Waals surface area contributed by atoms with Gasteiger partial charge in [0.05, 0.1) is 7.11 Å². The second kappa shape index (κ2) is 7.36. The van der Waals surface area contributed by atoms with Crippen molar-refractivity contribution < 1.29 is 9.47 Å². The molecule has 1 heterocycles. The van der Waals surface area contributed by atoms with Crippen LogP contribution in [-0.2, 0) is 6.54 Å². The van der Waals surface area contributed by atoms with E-state index in [-0.39, 0.29) is 0 Å². The highest BCUT2D eigenvalue weighted by Gasteiger charge is 2.11. The van der Waals surface area contributed by atoms with Crippen molar-refractivity contribution in [3.63, 3.8) is 0 Å². The SMILES string of the molecule is CNCc1ccc(OC)cc1OCCN1CCCC1. The molecule has 1 N–H and O–H groups in total. The normalized spacial score (nSPS) is 15.7. The molecule has 0 aromatic heterocycles. The second-order valence-electron chi connectivity index (χ2n) is 4.90. The molecule has 4 nitrogen and oxygen atoms in total. The highest BCUT2D eigenvalue weighted by molar-refractivity contribution is 5.40. The Morgan fingerprint density at radius 2 is 2.05 bits per heavy atom. The molecule has 2 rings (SSSR count). The molecule has 1 aliphatic heterocycles. The molecule has 1 saturated heterocycles. The van der Waals surface area contributed by atoms with E-state index in [1.165, 1.54) is 31.5 Å². The average molecular weight is 264 g/mol. The lowest BCUT2D eigenvalue weighted by molar-refractivity contribution is 0.235. The Labute approximate surface area is 115 Å². The number of nitrogens with one attached hydrogen (secondary N) is 1. The van der Waals surface area contributed by atoms with E-state index in [9.17, 15) is 0 Å². The first-order valence-electron chi connectivity index (χ1n) is 7.00. The number of hydrogen-bond acceptors (Lipinski definition) is 4. The largest absolute Gasteiger partial charge is 0.497 e. The quantitative estimate of drug-likeness (QED) is 0.815. The topological polar surface area (TPSA) is 33.7 Å². The molecule has 1 fully saturated rings. The molecule has 0 atom stereocenters. The van der Waals surface area contributed by atoms with Crippen molar-refractivity contribution in [2.45, 2.75) is 19.4 Å². The Kier molecular flexibility index (Phi) is 5.48. The van der Waals surface area contributed by atoms with Crippen molar-refractivity contribution in [3.8, 4) is 11.5 Å². The molecule has 4 heteroatoms. The molecule has 0 amide bonds. The van der Waals surface area contributed by atoms with Crippen LogP contribution in [-0.4, -0.2) is 45.3 Å². The zero-order valence-corrected chi connectivity index (χ0v) is 11.9. The highest BCUT2D eigenvalue weighted by atomic mass is 16.5. The molecule has 0 spiro atoms. The maximum atomic E-state index is 5.93. The van der Waals surface area contributed by atoms with Crippen LogP contribution in [0.5, 0.6) is 11.5 Å². The number of nitrogens with zero attached hydrogens (tertiary/aromatic N) is 1. The van der Waals surface area contributed by atoms with Crippen molar-refractivity contribution in [2.75, 3.05) is 40.4 Å². The van der Waals surface area contributed by atoms with Crippen molar-refractivity contribution in [2.24, 2.45) is 0 Å². The van der Waals surface area contributed by atoms with Crippen LogP contribution in [0.25, 0.3) is 0 Å². The van der Waals surface area contributed by atoms with Crippen LogP contribution in [0.15, 0.2) is 18.2 Å². The molecule has 0 radical (unpaired) electrons. The summed E-state index contributed by atoms with van der Waals surface area (Å²) in [6.45, 7) is 4.98. The Hall–Kier alpha value is -1.26. The van der Waals surface area contributed by atoms with E-state index >= 15 is 0 Å². The predicted octanol–water partition coefficient (Wildman–Crippen LogP) is 1.89. The minimum Gasteiger partial charge on any atom is -0.497 e. The summed E-state index contributed by atoms with van der Waals surface area (Å²) in [6.07, 6.45) is 2.65. The van der Waals surface area contributed by atoms with Gasteiger partial charge in [0.25, 0.3) is 0 Å². The Bertz CT molecular complexity index is 390. The summed E-state index contributed by atoms with van der Waals surface area (Å²) in [7, 11) is 3.62. The van der Waals surface area contributed by atoms with Crippen LogP contribution in [0.1, 0.15) is 18.4 Å². The van der Waals surface area contributed by atoms with E-state index in [2.05, 4.69) is 16.3 Å². The van der Waals surface area contributed by atoms with Crippen molar-refractivity contribution >= 4 is 0 Å². The maximum Gasteiger partial charge on any atom is 0.127 e. The third-order valence-corrected chi connectivity index (χ3v) is 3.51. The zero-order valence-electron chi connectivity index (χ0n) is 11.9. The lowest BCUT2D eigenvalue weighted by Crippen LogP contribution is -2.25. The van der Waals surface area contributed by atoms with Crippen LogP contribution in [0.3, 0.4) is 0 Å². The van der Waals surface area contributed by atoms with E-state index < -0.39 is 0 Å². The molecule has 1 aliphatic rings. The predicted molar refractivity (Wildman–Crippen MR) is 76.9 cm³/mol. The van der Waals surface area contributed by atoms with Crippen LogP contribution in [0.2, 0.25) is 0 Å². The minimum absolute atomic E-state index is 0.740. The Morgan fingerprint density at radius 1 is 1.26 bits per heavy atom. The number of rotatable bonds is 7. The molecule has 0 saturated carbocycles. The minimum atomic E-state index is 0.740. The number of likely N-dealkylation sites (tertiary alicyclic amines) is 1. The summed E-state index contributed by atoms with van der Waals surface area (Å²) in [5, 5.41) is 3.16. The Morgan fingerprint density at radius 3 is 2.74 bits per heavy atom. The first-order valence-corrected chi connectivity index (χ1v) is 7.00. The van der Waals surface area contributed by atoms with Gasteiger partial charge in [-0.2, -0.15) is 0 Å². The van der Waals surface area contributed by atoms with Crippen LogP contribution in [0, 0.1) is 0 Å². The number of benzene rings is 1. The van der Waals surface area contributed by atoms with Gasteiger partial charge in [0, 0.05) is 24.7 Å². The van der Waals surface area contributed by atoms with E-state index in [4.69, 9.17) is 9.47 Å². The molecule has 0 bridgehead atoms. The van der Waals surface area contributed by atoms with Gasteiger partial charge in [-0.15, -0.1) is 0 Å². The first kappa shape index (κ1) is 14.2. The van der Waals surface area contributed by atoms with E-state index in [0.717, 1.165) is 31.2 Å². The molecule has 0 unspecified atom stereocenters. The van der Waals surface area contributed by atoms with Crippen molar-refractivity contribution in [3.05, 3.63) is 23.8 Å². The third-order valence-electron chi connectivity index (χ3n) is 3.51. The lowest BCUT2D eigenvalue weighted by Gasteiger charge is -2.17. The monoisotopic (exact) mass is 264 g/mol. The molecular formula is C15H24N2O2. The molecule has 1 aromatic rings. The summed E-state index contributed by atoms with van der Waals surface area (Å²) in [4.78, 5) is 2.46. The second-order valence-corrected chi connectivity index (χ2v) is 4.90. The maximum absolute atomic E-state index is 5.93. The highest BCUT2D eigenvalue weighted by Crippen LogP contribution is 2.24. The first-order chi connectivity index (χ1) is 9.33. The summed E-state index contributed by atoms with van der Waals surface area (Å²) in [5.74, 6) is 1.77. The Balaban J connectivity index is 1.91. The molecule has 19 heavy (non-hydrogen) atoms. The van der Waals surface area contributed by atoms with Crippen molar-refractivity contribution in [1.82, 2.24) is 10.2 Å². The van der Waals surface area contributed by atoms with Crippen LogP contribution in [0.4, 0.5) is 0 Å². The molecule has 0 aliphatic carbocycles. The van der Waals surface area contributed by atoms with E-state index in [1.54, 1.807) is 7.11 Å². The summed E-state index contributed by atoms with van der Waals surface area (Å²) < 4.78 is 11.2. The lowest BCUT2D eigenvalue weighted by atomic mass is 10.2. The molecular weight excluding hydrogens is 240 g/mol. The van der Waals surface area contributed by atoms with Gasteiger partial charge in [0.15, 0.2) is 0 Å². The van der Waals surface area contributed by atoms with Gasteiger partial charge in [-0.05, 0) is 39.0 Å². The standard InChI is InChI=1S/C15H24N2O2/c1-16-12-13-5-6-14(18-2)11-15(13)19-10-9-17-7-3-4-8-17/h5-6,11,16H,3-4,7-10,12H2,1-2H3. The van der Waals surface area contributed by atoms with Crippen LogP contribution >= 0.6 is 0 Å². The van der Waals surface area contributed by atoms with Gasteiger partial charge in [0.1, 0.15) is 18.1 Å². The zero-order chi connectivity index (χ0) is 13.5. The van der Waals surface area contributed by atoms with E-state index in [0.29, 0.717) is 0 Å².